The van der Waals surface area contributed by atoms with Crippen LogP contribution in [0.4, 0.5) is 0 Å². The Labute approximate surface area is 198 Å². The van der Waals surface area contributed by atoms with Gasteiger partial charge in [0.25, 0.3) is 0 Å². The molecule has 0 heterocycles. The molecule has 0 spiro atoms. The topological polar surface area (TPSA) is 92.2 Å². The van der Waals surface area contributed by atoms with Crippen molar-refractivity contribution < 1.29 is 20.1 Å². The molecule has 0 radical (unpaired) electrons. The maximum Gasteiger partial charge on any atom is 2.00 e. The second kappa shape index (κ2) is 24.6. The second-order valence-corrected chi connectivity index (χ2v) is 1.35. The van der Waals surface area contributed by atoms with Crippen molar-refractivity contribution in [2.45, 2.75) is 0 Å². The maximum absolute atomic E-state index is 8.79. The SMILES string of the molecule is [Ba+2].[Ba+2].[Ba+2].[O-]B([O-])[S-].[O-]B([O-])[S-]. The van der Waals surface area contributed by atoms with Crippen LogP contribution >= 0.6 is 0 Å². The van der Waals surface area contributed by atoms with Gasteiger partial charge in [-0.2, -0.15) is 0 Å². The summed E-state index contributed by atoms with van der Waals surface area (Å²) >= 11 is 7.02. The van der Waals surface area contributed by atoms with Gasteiger partial charge in [-0.15, -0.1) is 0 Å². The van der Waals surface area contributed by atoms with Crippen LogP contribution in [0.1, 0.15) is 0 Å². The van der Waals surface area contributed by atoms with E-state index in [1.54, 1.807) is 0 Å². The molecule has 0 aromatic carbocycles. The van der Waals surface area contributed by atoms with Crippen LogP contribution in [-0.2, 0) is 25.0 Å². The molecule has 0 atom stereocenters. The van der Waals surface area contributed by atoms with E-state index in [4.69, 9.17) is 20.1 Å². The fourth-order valence-corrected chi connectivity index (χ4v) is 0. The van der Waals surface area contributed by atoms with Crippen molar-refractivity contribution >= 4 is 184 Å². The number of hydrogen-bond acceptors (Lipinski definition) is 6. The Balaban J connectivity index is -0.0000000171. The normalized spacial score (nSPS) is 4.91. The Morgan fingerprint density at radius 3 is 0.636 bits per heavy atom. The van der Waals surface area contributed by atoms with E-state index in [1.807, 2.05) is 0 Å². The Morgan fingerprint density at radius 1 is 0.636 bits per heavy atom. The van der Waals surface area contributed by atoms with Crippen molar-refractivity contribution in [2.24, 2.45) is 0 Å². The molecule has 48 valence electrons. The van der Waals surface area contributed by atoms with Gasteiger partial charge in [-0.1, -0.05) is 0 Å². The summed E-state index contributed by atoms with van der Waals surface area (Å²) in [5.41, 5.74) is 0. The van der Waals surface area contributed by atoms with Crippen molar-refractivity contribution in [1.29, 1.82) is 0 Å². The van der Waals surface area contributed by atoms with Crippen LogP contribution in [0.25, 0.3) is 0 Å². The number of hydrogen-bond donors (Lipinski definition) is 0. The summed E-state index contributed by atoms with van der Waals surface area (Å²) in [6.07, 6.45) is -4.17. The number of rotatable bonds is 0. The molecule has 0 aliphatic rings. The van der Waals surface area contributed by atoms with Crippen molar-refractivity contribution in [3.8, 4) is 0 Å². The minimum Gasteiger partial charge on any atom is -0.911 e. The van der Waals surface area contributed by atoms with E-state index in [-0.39, 0.29) is 147 Å². The van der Waals surface area contributed by atoms with Gasteiger partial charge in [-0.3, -0.25) is 0 Å². The van der Waals surface area contributed by atoms with Gasteiger partial charge < -0.3 is 57.8 Å². The first-order chi connectivity index (χ1) is 3.46. The van der Waals surface area contributed by atoms with Crippen LogP contribution in [0, 0.1) is 0 Å². The maximum atomic E-state index is 8.79. The van der Waals surface area contributed by atoms with Crippen LogP contribution in [0.15, 0.2) is 0 Å². The van der Waals surface area contributed by atoms with Gasteiger partial charge in [0.05, 0.1) is 0 Å². The van der Waals surface area contributed by atoms with Gasteiger partial charge in [0.2, 0.25) is 0 Å². The van der Waals surface area contributed by atoms with E-state index in [1.165, 1.54) is 0 Å². The van der Waals surface area contributed by atoms with Gasteiger partial charge in [0.15, 0.2) is 0 Å². The van der Waals surface area contributed by atoms with E-state index >= 15 is 0 Å². The van der Waals surface area contributed by atoms with Gasteiger partial charge in [-0.05, 0) is 0 Å². The molecular formula is B2Ba3O4S2. The van der Waals surface area contributed by atoms with Crippen molar-refractivity contribution in [3.05, 3.63) is 0 Å². The Bertz CT molecular complexity index is 36.8. The van der Waals surface area contributed by atoms with E-state index in [9.17, 15) is 0 Å². The van der Waals surface area contributed by atoms with Crippen molar-refractivity contribution in [2.75, 3.05) is 0 Å². The van der Waals surface area contributed by atoms with Crippen LogP contribution in [0.3, 0.4) is 0 Å². The molecule has 0 bridgehead atoms. The predicted molar refractivity (Wildman–Crippen MR) is 43.5 cm³/mol. The summed E-state index contributed by atoms with van der Waals surface area (Å²) in [5.74, 6) is 0. The first kappa shape index (κ1) is 29.9. The molecule has 0 aliphatic heterocycles. The molecule has 11 heteroatoms. The van der Waals surface area contributed by atoms with Gasteiger partial charge in [0, 0.05) is 0 Å². The molecule has 0 amide bonds. The monoisotopic (exact) mass is 564 g/mol. The molecule has 0 N–H and O–H groups in total. The van der Waals surface area contributed by atoms with E-state index < -0.39 is 12.8 Å². The molecule has 0 saturated heterocycles. The third-order valence-corrected chi connectivity index (χ3v) is 0. The Hall–Kier alpha value is 5.38. The standard InChI is InChI=1S/2BO2S.3Ba/c2*2-1(3)4;;;/q2*-3;3*+2. The first-order valence-electron chi connectivity index (χ1n) is 1.41. The van der Waals surface area contributed by atoms with Crippen LogP contribution in [0.2, 0.25) is 0 Å². The zero-order chi connectivity index (χ0) is 7.15. The Kier molecular flexibility index (Phi) is 66.8. The fraction of sp³-hybridized carbons (Fsp3) is 0. The minimum absolute atomic E-state index is 0. The third-order valence-electron chi connectivity index (χ3n) is 0. The summed E-state index contributed by atoms with van der Waals surface area (Å²) in [4.78, 5) is 0. The summed E-state index contributed by atoms with van der Waals surface area (Å²) in [7, 11) is 0. The van der Waals surface area contributed by atoms with Crippen molar-refractivity contribution in [1.82, 2.24) is 0 Å². The van der Waals surface area contributed by atoms with Crippen LogP contribution in [0.5, 0.6) is 0 Å². The zero-order valence-corrected chi connectivity index (χ0v) is 20.7. The van der Waals surface area contributed by atoms with E-state index in [0.29, 0.717) is 0 Å². The molecule has 0 fully saturated rings. The van der Waals surface area contributed by atoms with Gasteiger partial charge in [0.1, 0.15) is 0 Å². The summed E-state index contributed by atoms with van der Waals surface area (Å²) in [6, 6.07) is 0. The van der Waals surface area contributed by atoms with E-state index in [0.717, 1.165) is 0 Å². The van der Waals surface area contributed by atoms with E-state index in [2.05, 4.69) is 25.0 Å². The molecule has 0 unspecified atom stereocenters. The predicted octanol–water partition coefficient (Wildman–Crippen LogP) is -6.66. The summed E-state index contributed by atoms with van der Waals surface area (Å²) in [6.45, 7) is 0. The summed E-state index contributed by atoms with van der Waals surface area (Å²) in [5, 5.41) is 35.1. The second-order valence-electron chi connectivity index (χ2n) is 0.577. The smallest absolute Gasteiger partial charge is 0.911 e. The molecule has 0 saturated carbocycles. The minimum atomic E-state index is -2.08. The van der Waals surface area contributed by atoms with Crippen molar-refractivity contribution in [3.63, 3.8) is 0 Å². The molecule has 0 aliphatic carbocycles. The molecule has 0 aromatic heterocycles. The van der Waals surface area contributed by atoms with Crippen LogP contribution in [-0.4, -0.2) is 159 Å². The fourth-order valence-electron chi connectivity index (χ4n) is 0. The molecule has 11 heavy (non-hydrogen) atoms. The third kappa shape index (κ3) is 95.1. The summed E-state index contributed by atoms with van der Waals surface area (Å²) < 4.78 is 0. The molecule has 0 rings (SSSR count). The first-order valence-corrected chi connectivity index (χ1v) is 2.36. The average Bonchev–Trinajstić information content (AvgIpc) is 1.25. The zero-order valence-electron chi connectivity index (χ0n) is 5.73. The largest absolute Gasteiger partial charge is 2.00 e. The molecular weight excluding hydrogens is 562 g/mol. The van der Waals surface area contributed by atoms with Crippen LogP contribution < -0.4 is 20.1 Å². The molecule has 0 aromatic rings. The Morgan fingerprint density at radius 2 is 0.636 bits per heavy atom. The average molecular weight is 562 g/mol. The van der Waals surface area contributed by atoms with Gasteiger partial charge in [-0.25, -0.2) is 0 Å². The molecule has 4 nitrogen and oxygen atoms in total. The quantitative estimate of drug-likeness (QED) is 0.216. The van der Waals surface area contributed by atoms with Gasteiger partial charge >= 0.3 is 147 Å².